The molecular formula is C56H108O6. The molecule has 62 heavy (non-hydrogen) atoms. The van der Waals surface area contributed by atoms with Crippen molar-refractivity contribution in [2.45, 2.75) is 317 Å². The average Bonchev–Trinajstić information content (AvgIpc) is 3.26. The Hall–Kier alpha value is -1.59. The second-order valence-electron chi connectivity index (χ2n) is 19.9. The Kier molecular flexibility index (Phi) is 47.6. The molecule has 0 N–H and O–H groups in total. The molecule has 6 nitrogen and oxygen atoms in total. The van der Waals surface area contributed by atoms with Gasteiger partial charge in [-0.3, -0.25) is 14.4 Å². The van der Waals surface area contributed by atoms with Gasteiger partial charge in [-0.2, -0.15) is 0 Å². The standard InChI is InChI=1S/C56H108O6/c1-6-8-9-10-11-12-13-18-23-26-33-38-43-48-56(59)62-53(50-61-55(58)47-42-37-32-28-27-30-35-40-45-52(5)7-2)49-60-54(57)46-41-36-31-25-22-20-17-15-14-16-19-21-24-29-34-39-44-51(3)4/h51-53H,6-50H2,1-5H3/t52?,53-/m0/s1. The summed E-state index contributed by atoms with van der Waals surface area (Å²) in [4.78, 5) is 38.0. The summed E-state index contributed by atoms with van der Waals surface area (Å²) in [6.45, 7) is 11.4. The van der Waals surface area contributed by atoms with Crippen LogP contribution < -0.4 is 0 Å². The van der Waals surface area contributed by atoms with E-state index in [0.717, 1.165) is 69.6 Å². The summed E-state index contributed by atoms with van der Waals surface area (Å²) in [7, 11) is 0. The Morgan fingerprint density at radius 2 is 0.613 bits per heavy atom. The van der Waals surface area contributed by atoms with Gasteiger partial charge >= 0.3 is 17.9 Å². The van der Waals surface area contributed by atoms with Crippen molar-refractivity contribution in [2.75, 3.05) is 13.2 Å². The van der Waals surface area contributed by atoms with Gasteiger partial charge in [0.05, 0.1) is 0 Å². The van der Waals surface area contributed by atoms with Crippen LogP contribution in [-0.2, 0) is 28.6 Å². The Balaban J connectivity index is 4.26. The van der Waals surface area contributed by atoms with Crippen molar-refractivity contribution in [1.29, 1.82) is 0 Å². The molecule has 0 fully saturated rings. The van der Waals surface area contributed by atoms with Gasteiger partial charge in [0, 0.05) is 19.3 Å². The zero-order valence-electron chi connectivity index (χ0n) is 42.5. The largest absolute Gasteiger partial charge is 0.462 e. The number of esters is 3. The van der Waals surface area contributed by atoms with Gasteiger partial charge in [-0.1, -0.05) is 272 Å². The minimum Gasteiger partial charge on any atom is -0.462 e. The van der Waals surface area contributed by atoms with Gasteiger partial charge in [0.2, 0.25) is 0 Å². The zero-order valence-corrected chi connectivity index (χ0v) is 42.5. The van der Waals surface area contributed by atoms with Crippen LogP contribution >= 0.6 is 0 Å². The lowest BCUT2D eigenvalue weighted by Crippen LogP contribution is -2.30. The highest BCUT2D eigenvalue weighted by Gasteiger charge is 2.19. The van der Waals surface area contributed by atoms with E-state index in [-0.39, 0.29) is 31.1 Å². The van der Waals surface area contributed by atoms with Gasteiger partial charge in [0.15, 0.2) is 6.10 Å². The average molecular weight is 877 g/mol. The van der Waals surface area contributed by atoms with E-state index >= 15 is 0 Å². The number of hydrogen-bond acceptors (Lipinski definition) is 6. The molecule has 0 aromatic carbocycles. The first-order chi connectivity index (χ1) is 30.3. The van der Waals surface area contributed by atoms with E-state index in [0.29, 0.717) is 19.3 Å². The summed E-state index contributed by atoms with van der Waals surface area (Å²) >= 11 is 0. The van der Waals surface area contributed by atoms with Crippen LogP contribution in [0.3, 0.4) is 0 Å². The molecule has 2 atom stereocenters. The van der Waals surface area contributed by atoms with Crippen molar-refractivity contribution in [2.24, 2.45) is 11.8 Å². The predicted molar refractivity (Wildman–Crippen MR) is 266 cm³/mol. The van der Waals surface area contributed by atoms with Crippen LogP contribution in [0.1, 0.15) is 311 Å². The van der Waals surface area contributed by atoms with Crippen LogP contribution in [0.5, 0.6) is 0 Å². The minimum absolute atomic E-state index is 0.0632. The maximum atomic E-state index is 12.8. The summed E-state index contributed by atoms with van der Waals surface area (Å²) in [5.74, 6) is 0.857. The first-order valence-corrected chi connectivity index (χ1v) is 27.8. The van der Waals surface area contributed by atoms with Crippen molar-refractivity contribution in [3.8, 4) is 0 Å². The van der Waals surface area contributed by atoms with Gasteiger partial charge in [-0.25, -0.2) is 0 Å². The van der Waals surface area contributed by atoms with E-state index in [4.69, 9.17) is 14.2 Å². The number of hydrogen-bond donors (Lipinski definition) is 0. The maximum absolute atomic E-state index is 12.8. The molecule has 0 aromatic rings. The van der Waals surface area contributed by atoms with Crippen molar-refractivity contribution < 1.29 is 28.6 Å². The molecular weight excluding hydrogens is 769 g/mol. The third-order valence-corrected chi connectivity index (χ3v) is 13.1. The molecule has 0 heterocycles. The van der Waals surface area contributed by atoms with Crippen LogP contribution in [0.4, 0.5) is 0 Å². The fourth-order valence-electron chi connectivity index (χ4n) is 8.49. The number of ether oxygens (including phenoxy) is 3. The molecule has 0 radical (unpaired) electrons. The normalized spacial score (nSPS) is 12.5. The summed E-state index contributed by atoms with van der Waals surface area (Å²) in [5, 5.41) is 0. The van der Waals surface area contributed by atoms with Crippen molar-refractivity contribution in [3.05, 3.63) is 0 Å². The van der Waals surface area contributed by atoms with Gasteiger partial charge in [0.25, 0.3) is 0 Å². The lowest BCUT2D eigenvalue weighted by atomic mass is 9.99. The first kappa shape index (κ1) is 60.4. The first-order valence-electron chi connectivity index (χ1n) is 27.8. The SMILES string of the molecule is CCCCCCCCCCCCCCCC(=O)O[C@@H](COC(=O)CCCCCCCCCCCCCCCCCCC(C)C)COC(=O)CCCCCCCCCCC(C)CC. The molecule has 0 spiro atoms. The van der Waals surface area contributed by atoms with E-state index in [1.54, 1.807) is 0 Å². The Bertz CT molecular complexity index is 949. The number of carbonyl (C=O) groups is 3. The van der Waals surface area contributed by atoms with Gasteiger partial charge in [-0.05, 0) is 31.1 Å². The lowest BCUT2D eigenvalue weighted by molar-refractivity contribution is -0.167. The van der Waals surface area contributed by atoms with E-state index in [2.05, 4.69) is 34.6 Å². The topological polar surface area (TPSA) is 78.9 Å². The maximum Gasteiger partial charge on any atom is 0.306 e. The molecule has 0 aliphatic rings. The monoisotopic (exact) mass is 877 g/mol. The van der Waals surface area contributed by atoms with Crippen molar-refractivity contribution in [1.82, 2.24) is 0 Å². The minimum atomic E-state index is -0.762. The molecule has 0 bridgehead atoms. The van der Waals surface area contributed by atoms with Crippen LogP contribution in [-0.4, -0.2) is 37.2 Å². The summed E-state index contributed by atoms with van der Waals surface area (Å²) in [5.41, 5.74) is 0. The molecule has 0 aliphatic heterocycles. The highest BCUT2D eigenvalue weighted by atomic mass is 16.6. The van der Waals surface area contributed by atoms with Crippen LogP contribution in [0.15, 0.2) is 0 Å². The lowest BCUT2D eigenvalue weighted by Gasteiger charge is -2.18. The summed E-state index contributed by atoms with van der Waals surface area (Å²) in [6, 6.07) is 0. The van der Waals surface area contributed by atoms with E-state index < -0.39 is 6.10 Å². The number of unbranched alkanes of at least 4 members (excludes halogenated alkanes) is 34. The van der Waals surface area contributed by atoms with Crippen LogP contribution in [0, 0.1) is 11.8 Å². The smallest absolute Gasteiger partial charge is 0.306 e. The molecule has 0 amide bonds. The molecule has 0 saturated heterocycles. The third-order valence-electron chi connectivity index (χ3n) is 13.1. The molecule has 0 aliphatic carbocycles. The number of rotatable bonds is 50. The second-order valence-corrected chi connectivity index (χ2v) is 19.9. The Morgan fingerprint density at radius 3 is 0.919 bits per heavy atom. The molecule has 1 unspecified atom stereocenters. The fraction of sp³-hybridized carbons (Fsp3) is 0.946. The van der Waals surface area contributed by atoms with Gasteiger partial charge in [-0.15, -0.1) is 0 Å². The quantitative estimate of drug-likeness (QED) is 0.0344. The second kappa shape index (κ2) is 48.9. The predicted octanol–water partition coefficient (Wildman–Crippen LogP) is 18.1. The van der Waals surface area contributed by atoms with Crippen LogP contribution in [0.25, 0.3) is 0 Å². The van der Waals surface area contributed by atoms with Crippen molar-refractivity contribution in [3.63, 3.8) is 0 Å². The highest BCUT2D eigenvalue weighted by Crippen LogP contribution is 2.18. The third kappa shape index (κ3) is 47.9. The van der Waals surface area contributed by atoms with E-state index in [1.165, 1.54) is 199 Å². The van der Waals surface area contributed by atoms with E-state index in [1.807, 2.05) is 0 Å². The highest BCUT2D eigenvalue weighted by molar-refractivity contribution is 5.71. The summed E-state index contributed by atoms with van der Waals surface area (Å²) in [6.07, 6.45) is 50.9. The molecule has 0 rings (SSSR count). The molecule has 368 valence electrons. The van der Waals surface area contributed by atoms with Crippen molar-refractivity contribution >= 4 is 17.9 Å². The summed E-state index contributed by atoms with van der Waals surface area (Å²) < 4.78 is 16.8. The molecule has 0 saturated carbocycles. The molecule has 0 aromatic heterocycles. The van der Waals surface area contributed by atoms with Gasteiger partial charge < -0.3 is 14.2 Å². The zero-order chi connectivity index (χ0) is 45.4. The number of carbonyl (C=O) groups excluding carboxylic acids is 3. The Labute approximate surface area is 387 Å². The Morgan fingerprint density at radius 1 is 0.339 bits per heavy atom. The van der Waals surface area contributed by atoms with Crippen LogP contribution in [0.2, 0.25) is 0 Å². The molecule has 6 heteroatoms. The fourth-order valence-corrected chi connectivity index (χ4v) is 8.49. The van der Waals surface area contributed by atoms with E-state index in [9.17, 15) is 14.4 Å². The van der Waals surface area contributed by atoms with Gasteiger partial charge in [0.1, 0.15) is 13.2 Å².